The smallest absolute Gasteiger partial charge is 0.326 e. The molecule has 5 rings (SSSR count). The van der Waals surface area contributed by atoms with Crippen molar-refractivity contribution in [2.24, 2.45) is 11.7 Å². The molecule has 0 radical (unpaired) electrons. The van der Waals surface area contributed by atoms with E-state index >= 15 is 0 Å². The summed E-state index contributed by atoms with van der Waals surface area (Å²) in [6.45, 7) is 3.78. The summed E-state index contributed by atoms with van der Waals surface area (Å²) in [7, 11) is 0. The molecule has 0 spiro atoms. The molecule has 0 aliphatic carbocycles. The second kappa shape index (κ2) is 15.5. The first kappa shape index (κ1) is 34.7. The monoisotopic (exact) mass is 666 g/mol. The van der Waals surface area contributed by atoms with Crippen molar-refractivity contribution in [1.29, 1.82) is 0 Å². The predicted molar refractivity (Wildman–Crippen MR) is 187 cm³/mol. The number of nitrogens with one attached hydrogen (secondary N) is 5. The van der Waals surface area contributed by atoms with Gasteiger partial charge in [-0.15, -0.1) is 0 Å². The lowest BCUT2D eigenvalue weighted by Gasteiger charge is -2.26. The second-order valence-corrected chi connectivity index (χ2v) is 12.4. The average Bonchev–Trinajstić information content (AvgIpc) is 3.71. The molecular formula is C37H42N6O6. The molecular weight excluding hydrogens is 624 g/mol. The number of benzene rings is 3. The first-order chi connectivity index (χ1) is 23.5. The standard InChI is InChI=1S/C37H42N6O6/c1-3-21(2)33(38)36(47)42-31(18-24-20-40-29-11-7-5-9-27(24)29)34(45)41-30(17-23-19-39-28-10-6-4-8-26(23)28)35(46)43-32(37(48)49)16-22-12-14-25(44)15-13-22/h4-15,19-21,30-33,39-40,44H,3,16-18,38H2,1-2H3,(H,41,45)(H,42,47)(H,43,46)(H,48,49). The van der Waals surface area contributed by atoms with E-state index in [0.29, 0.717) is 12.0 Å². The Hall–Kier alpha value is -5.62. The molecule has 3 amide bonds. The Morgan fingerprint density at radius 3 is 1.65 bits per heavy atom. The van der Waals surface area contributed by atoms with E-state index < -0.39 is 47.9 Å². The number of amides is 3. The van der Waals surface area contributed by atoms with Crippen LogP contribution in [0.25, 0.3) is 21.8 Å². The van der Waals surface area contributed by atoms with E-state index in [1.807, 2.05) is 62.4 Å². The van der Waals surface area contributed by atoms with Crippen LogP contribution in [-0.4, -0.2) is 68.0 Å². The van der Waals surface area contributed by atoms with Crippen molar-refractivity contribution in [3.8, 4) is 5.75 Å². The highest BCUT2D eigenvalue weighted by molar-refractivity contribution is 5.95. The highest BCUT2D eigenvalue weighted by atomic mass is 16.4. The Bertz CT molecular complexity index is 1930. The number of aromatic nitrogens is 2. The number of aromatic amines is 2. The summed E-state index contributed by atoms with van der Waals surface area (Å²) < 4.78 is 0. The number of nitrogens with two attached hydrogens (primary N) is 1. The summed E-state index contributed by atoms with van der Waals surface area (Å²) in [4.78, 5) is 60.0. The zero-order valence-electron chi connectivity index (χ0n) is 27.4. The van der Waals surface area contributed by atoms with E-state index in [-0.39, 0.29) is 30.9 Å². The van der Waals surface area contributed by atoms with Crippen molar-refractivity contribution >= 4 is 45.5 Å². The molecule has 2 heterocycles. The van der Waals surface area contributed by atoms with Gasteiger partial charge >= 0.3 is 5.97 Å². The average molecular weight is 667 g/mol. The molecule has 2 aromatic heterocycles. The van der Waals surface area contributed by atoms with Gasteiger partial charge in [0, 0.05) is 53.5 Å². The van der Waals surface area contributed by atoms with Gasteiger partial charge in [0.25, 0.3) is 0 Å². The van der Waals surface area contributed by atoms with Crippen LogP contribution >= 0.6 is 0 Å². The Morgan fingerprint density at radius 2 is 1.16 bits per heavy atom. The van der Waals surface area contributed by atoms with Gasteiger partial charge < -0.3 is 41.9 Å². The van der Waals surface area contributed by atoms with Crippen LogP contribution in [-0.2, 0) is 38.4 Å². The summed E-state index contributed by atoms with van der Waals surface area (Å²) in [6, 6.07) is 16.6. The highest BCUT2D eigenvalue weighted by Gasteiger charge is 2.32. The van der Waals surface area contributed by atoms with Gasteiger partial charge in [-0.05, 0) is 46.9 Å². The van der Waals surface area contributed by atoms with Crippen LogP contribution < -0.4 is 21.7 Å². The Morgan fingerprint density at radius 1 is 0.694 bits per heavy atom. The molecule has 256 valence electrons. The number of carboxylic acids is 1. The number of phenols is 1. The Labute approximate surface area is 283 Å². The van der Waals surface area contributed by atoms with Gasteiger partial charge in [-0.2, -0.15) is 0 Å². The molecule has 12 nitrogen and oxygen atoms in total. The van der Waals surface area contributed by atoms with E-state index in [2.05, 4.69) is 25.9 Å². The van der Waals surface area contributed by atoms with Crippen LogP contribution in [0.4, 0.5) is 0 Å². The van der Waals surface area contributed by atoms with Crippen molar-refractivity contribution in [2.75, 3.05) is 0 Å². The van der Waals surface area contributed by atoms with Gasteiger partial charge in [0.2, 0.25) is 17.7 Å². The minimum absolute atomic E-state index is 0.0283. The maximum atomic E-state index is 14.1. The molecule has 3 aromatic carbocycles. The van der Waals surface area contributed by atoms with Crippen LogP contribution in [0.15, 0.2) is 85.2 Å². The SMILES string of the molecule is CCC(C)C(N)C(=O)NC(Cc1c[nH]c2ccccc12)C(=O)NC(Cc1c[nH]c2ccccc12)C(=O)NC(Cc1ccc(O)cc1)C(=O)O. The lowest BCUT2D eigenvalue weighted by molar-refractivity contribution is -0.142. The van der Waals surface area contributed by atoms with Crippen LogP contribution in [0.3, 0.4) is 0 Å². The maximum Gasteiger partial charge on any atom is 0.326 e. The van der Waals surface area contributed by atoms with Gasteiger partial charge in [0.1, 0.15) is 23.9 Å². The fourth-order valence-corrected chi connectivity index (χ4v) is 5.85. The van der Waals surface area contributed by atoms with Crippen molar-refractivity contribution in [2.45, 2.75) is 63.7 Å². The second-order valence-electron chi connectivity index (χ2n) is 12.4. The summed E-state index contributed by atoms with van der Waals surface area (Å²) in [5.74, 6) is -3.20. The molecule has 12 heteroatoms. The van der Waals surface area contributed by atoms with Crippen LogP contribution in [0.5, 0.6) is 5.75 Å². The number of phenolic OH excluding ortho intramolecular Hbond substituents is 1. The summed E-state index contributed by atoms with van der Waals surface area (Å²) in [5, 5.41) is 29.6. The number of carbonyl (C=O) groups excluding carboxylic acids is 3. The molecule has 5 aromatic rings. The Balaban J connectivity index is 1.44. The number of hydrogen-bond acceptors (Lipinski definition) is 6. The van der Waals surface area contributed by atoms with Crippen LogP contribution in [0.2, 0.25) is 0 Å². The van der Waals surface area contributed by atoms with E-state index in [9.17, 15) is 29.4 Å². The van der Waals surface area contributed by atoms with Gasteiger partial charge in [0.15, 0.2) is 0 Å². The number of aromatic hydroxyl groups is 1. The normalized spacial score (nSPS) is 14.4. The zero-order chi connectivity index (χ0) is 35.1. The fourth-order valence-electron chi connectivity index (χ4n) is 5.85. The largest absolute Gasteiger partial charge is 0.508 e. The first-order valence-electron chi connectivity index (χ1n) is 16.3. The van der Waals surface area contributed by atoms with Crippen LogP contribution in [0.1, 0.15) is 37.0 Å². The van der Waals surface area contributed by atoms with Gasteiger partial charge in [-0.1, -0.05) is 68.8 Å². The fraction of sp³-hybridized carbons (Fsp3) is 0.297. The van der Waals surface area contributed by atoms with Crippen molar-refractivity contribution in [3.63, 3.8) is 0 Å². The van der Waals surface area contributed by atoms with Gasteiger partial charge in [-0.25, -0.2) is 4.79 Å². The summed E-state index contributed by atoms with van der Waals surface area (Å²) in [6.07, 6.45) is 4.28. The molecule has 49 heavy (non-hydrogen) atoms. The molecule has 9 N–H and O–H groups in total. The number of hydrogen-bond donors (Lipinski definition) is 8. The maximum absolute atomic E-state index is 14.1. The number of aliphatic carboxylic acids is 1. The third kappa shape index (κ3) is 8.46. The third-order valence-corrected chi connectivity index (χ3v) is 9.01. The molecule has 0 aliphatic heterocycles. The minimum Gasteiger partial charge on any atom is -0.508 e. The predicted octanol–water partition coefficient (Wildman–Crippen LogP) is 3.30. The van der Waals surface area contributed by atoms with E-state index in [1.165, 1.54) is 12.1 Å². The number of H-pyrrole nitrogens is 2. The van der Waals surface area contributed by atoms with Crippen molar-refractivity contribution in [1.82, 2.24) is 25.9 Å². The van der Waals surface area contributed by atoms with E-state index in [0.717, 1.165) is 32.9 Å². The number of para-hydroxylation sites is 2. The highest BCUT2D eigenvalue weighted by Crippen LogP contribution is 2.22. The lowest BCUT2D eigenvalue weighted by Crippen LogP contribution is -2.58. The molecule has 5 unspecified atom stereocenters. The van der Waals surface area contributed by atoms with E-state index in [1.54, 1.807) is 24.5 Å². The number of carbonyl (C=O) groups is 4. The molecule has 5 atom stereocenters. The minimum atomic E-state index is -1.32. The molecule has 0 fully saturated rings. The first-order valence-corrected chi connectivity index (χ1v) is 16.3. The lowest BCUT2D eigenvalue weighted by atomic mass is 9.97. The van der Waals surface area contributed by atoms with Crippen LogP contribution in [0, 0.1) is 5.92 Å². The number of fused-ring (bicyclic) bond motifs is 2. The van der Waals surface area contributed by atoms with Crippen molar-refractivity contribution in [3.05, 3.63) is 102 Å². The number of carboxylic acid groups (broad SMARTS) is 1. The molecule has 0 saturated carbocycles. The van der Waals surface area contributed by atoms with E-state index in [4.69, 9.17) is 5.73 Å². The zero-order valence-corrected chi connectivity index (χ0v) is 27.4. The molecule has 0 aliphatic rings. The number of rotatable bonds is 15. The molecule has 0 bridgehead atoms. The third-order valence-electron chi connectivity index (χ3n) is 9.01. The van der Waals surface area contributed by atoms with Gasteiger partial charge in [0.05, 0.1) is 6.04 Å². The summed E-state index contributed by atoms with van der Waals surface area (Å²) >= 11 is 0. The quantitative estimate of drug-likeness (QED) is 0.0837. The topological polar surface area (TPSA) is 202 Å². The van der Waals surface area contributed by atoms with Gasteiger partial charge in [-0.3, -0.25) is 14.4 Å². The van der Waals surface area contributed by atoms with Crippen molar-refractivity contribution < 1.29 is 29.4 Å². The molecule has 0 saturated heterocycles. The summed E-state index contributed by atoms with van der Waals surface area (Å²) in [5.41, 5.74) is 10.0. The Kier molecular flexibility index (Phi) is 11.0.